The minimum atomic E-state index is -1.04. The van der Waals surface area contributed by atoms with Crippen molar-refractivity contribution in [2.45, 2.75) is 18.9 Å². The highest BCUT2D eigenvalue weighted by molar-refractivity contribution is 6.61. The van der Waals surface area contributed by atoms with E-state index in [2.05, 4.69) is 4.74 Å². The quantitative estimate of drug-likeness (QED) is 0.575. The number of carbonyl (C=O) groups is 1. The highest BCUT2D eigenvalue weighted by atomic mass is 16.5. The molecule has 0 amide bonds. The second-order valence-corrected chi connectivity index (χ2v) is 3.91. The molecule has 0 aliphatic carbocycles. The number of methoxy groups -OCH3 is 1. The van der Waals surface area contributed by atoms with Gasteiger partial charge in [0, 0.05) is 6.42 Å². The Morgan fingerprint density at radius 3 is 3.06 bits per heavy atom. The molecule has 1 aromatic rings. The molecule has 17 heavy (non-hydrogen) atoms. The number of ether oxygens (including phenoxy) is 1. The van der Waals surface area contributed by atoms with Crippen LogP contribution in [0.15, 0.2) is 18.2 Å². The monoisotopic (exact) mass is 236 g/mol. The van der Waals surface area contributed by atoms with E-state index in [4.69, 9.17) is 4.65 Å². The molecule has 90 valence electrons. The van der Waals surface area contributed by atoms with Gasteiger partial charge in [0.15, 0.2) is 0 Å². The molecule has 5 nitrogen and oxygen atoms in total. The van der Waals surface area contributed by atoms with Gasteiger partial charge in [0.05, 0.1) is 13.2 Å². The average molecular weight is 236 g/mol. The summed E-state index contributed by atoms with van der Waals surface area (Å²) in [5.41, 5.74) is 1.36. The number of rotatable bonds is 3. The van der Waals surface area contributed by atoms with Gasteiger partial charge in [0.25, 0.3) is 0 Å². The normalized spacial score (nSPS) is 18.0. The molecule has 0 saturated carbocycles. The Labute approximate surface area is 99.1 Å². The Hall–Kier alpha value is -1.53. The van der Waals surface area contributed by atoms with Gasteiger partial charge in [-0.25, -0.2) is 0 Å². The van der Waals surface area contributed by atoms with Crippen molar-refractivity contribution >= 4 is 18.6 Å². The Kier molecular flexibility index (Phi) is 3.35. The highest BCUT2D eigenvalue weighted by Gasteiger charge is 2.35. The van der Waals surface area contributed by atoms with E-state index >= 15 is 0 Å². The summed E-state index contributed by atoms with van der Waals surface area (Å²) in [5, 5.41) is 19.0. The molecule has 0 bridgehead atoms. The molecule has 0 radical (unpaired) electrons. The van der Waals surface area contributed by atoms with Gasteiger partial charge in [-0.2, -0.15) is 0 Å². The van der Waals surface area contributed by atoms with Crippen molar-refractivity contribution in [2.24, 2.45) is 0 Å². The molecule has 1 aliphatic rings. The van der Waals surface area contributed by atoms with Crippen molar-refractivity contribution in [1.29, 1.82) is 0 Å². The van der Waals surface area contributed by atoms with Gasteiger partial charge in [-0.05, 0) is 29.6 Å². The van der Waals surface area contributed by atoms with Gasteiger partial charge in [0.1, 0.15) is 5.75 Å². The maximum absolute atomic E-state index is 11.0. The number of phenolic OH excluding ortho intramolecular Hbond substituents is 1. The van der Waals surface area contributed by atoms with Crippen molar-refractivity contribution < 1.29 is 24.3 Å². The fraction of sp³-hybridized carbons (Fsp3) is 0.364. The third-order valence-electron chi connectivity index (χ3n) is 2.81. The standard InChI is InChI=1S/C11H13BO5/c1-16-11(14)5-4-10-8-3-2-7(13)6-9(8)12(15)17-10/h2-3,6,10,13,15H,4-5H2,1H3. The molecule has 1 heterocycles. The van der Waals surface area contributed by atoms with Crippen molar-refractivity contribution in [3.8, 4) is 5.75 Å². The molecule has 2 rings (SSSR count). The highest BCUT2D eigenvalue weighted by Crippen LogP contribution is 2.29. The number of aromatic hydroxyl groups is 1. The van der Waals surface area contributed by atoms with Gasteiger partial charge < -0.3 is 19.5 Å². The first kappa shape index (κ1) is 11.9. The molecule has 6 heteroatoms. The number of carbonyl (C=O) groups excluding carboxylic acids is 1. The predicted molar refractivity (Wildman–Crippen MR) is 60.8 cm³/mol. The minimum Gasteiger partial charge on any atom is -0.508 e. The van der Waals surface area contributed by atoms with E-state index in [9.17, 15) is 14.9 Å². The van der Waals surface area contributed by atoms with E-state index in [1.807, 2.05) is 0 Å². The number of phenols is 1. The van der Waals surface area contributed by atoms with E-state index in [1.165, 1.54) is 19.2 Å². The first-order chi connectivity index (χ1) is 8.11. The van der Waals surface area contributed by atoms with Gasteiger partial charge in [-0.15, -0.1) is 0 Å². The minimum absolute atomic E-state index is 0.0833. The maximum Gasteiger partial charge on any atom is 0.492 e. The number of fused-ring (bicyclic) bond motifs is 1. The first-order valence-electron chi connectivity index (χ1n) is 5.35. The fourth-order valence-electron chi connectivity index (χ4n) is 1.95. The average Bonchev–Trinajstić information content (AvgIpc) is 2.63. The first-order valence-corrected chi connectivity index (χ1v) is 5.35. The zero-order chi connectivity index (χ0) is 12.4. The molecule has 0 spiro atoms. The van der Waals surface area contributed by atoms with Crippen LogP contribution in [0, 0.1) is 0 Å². The second kappa shape index (κ2) is 4.77. The maximum atomic E-state index is 11.0. The van der Waals surface area contributed by atoms with E-state index < -0.39 is 7.12 Å². The van der Waals surface area contributed by atoms with Crippen molar-refractivity contribution in [3.05, 3.63) is 23.8 Å². The lowest BCUT2D eigenvalue weighted by atomic mass is 9.79. The molecule has 0 saturated heterocycles. The Balaban J connectivity index is 2.11. The third kappa shape index (κ3) is 2.43. The molecule has 0 aromatic heterocycles. The zero-order valence-electron chi connectivity index (χ0n) is 9.42. The van der Waals surface area contributed by atoms with Crippen LogP contribution in [0.2, 0.25) is 0 Å². The van der Waals surface area contributed by atoms with Crippen LogP contribution in [0.5, 0.6) is 5.75 Å². The van der Waals surface area contributed by atoms with Gasteiger partial charge >= 0.3 is 13.1 Å². The largest absolute Gasteiger partial charge is 0.508 e. The number of hydrogen-bond donors (Lipinski definition) is 2. The van der Waals surface area contributed by atoms with Crippen LogP contribution < -0.4 is 5.46 Å². The fourth-order valence-corrected chi connectivity index (χ4v) is 1.95. The van der Waals surface area contributed by atoms with E-state index in [0.717, 1.165) is 5.56 Å². The Bertz CT molecular complexity index is 434. The predicted octanol–water partition coefficient (Wildman–Crippen LogP) is 0.104. The van der Waals surface area contributed by atoms with E-state index in [1.54, 1.807) is 6.07 Å². The Morgan fingerprint density at radius 1 is 1.59 bits per heavy atom. The summed E-state index contributed by atoms with van der Waals surface area (Å²) >= 11 is 0. The number of esters is 1. The molecule has 1 unspecified atom stereocenters. The van der Waals surface area contributed by atoms with Gasteiger partial charge in [-0.1, -0.05) is 6.07 Å². The van der Waals surface area contributed by atoms with Crippen molar-refractivity contribution in [1.82, 2.24) is 0 Å². The van der Waals surface area contributed by atoms with Crippen LogP contribution in [0.25, 0.3) is 0 Å². The third-order valence-corrected chi connectivity index (χ3v) is 2.81. The molecule has 1 aliphatic heterocycles. The van der Waals surface area contributed by atoms with Crippen LogP contribution >= 0.6 is 0 Å². The molecule has 2 N–H and O–H groups in total. The van der Waals surface area contributed by atoms with Crippen molar-refractivity contribution in [2.75, 3.05) is 7.11 Å². The van der Waals surface area contributed by atoms with Crippen LogP contribution in [-0.4, -0.2) is 30.3 Å². The summed E-state index contributed by atoms with van der Waals surface area (Å²) in [5.74, 6) is -0.227. The summed E-state index contributed by atoms with van der Waals surface area (Å²) in [6, 6.07) is 4.70. The van der Waals surface area contributed by atoms with Gasteiger partial charge in [-0.3, -0.25) is 4.79 Å². The lowest BCUT2D eigenvalue weighted by Gasteiger charge is -2.11. The summed E-state index contributed by atoms with van der Waals surface area (Å²) in [4.78, 5) is 11.0. The van der Waals surface area contributed by atoms with E-state index in [-0.39, 0.29) is 24.2 Å². The smallest absolute Gasteiger partial charge is 0.492 e. The van der Waals surface area contributed by atoms with Crippen molar-refractivity contribution in [3.63, 3.8) is 0 Å². The van der Waals surface area contributed by atoms with Crippen LogP contribution in [-0.2, 0) is 14.2 Å². The number of hydrogen-bond acceptors (Lipinski definition) is 5. The summed E-state index contributed by atoms with van der Waals surface area (Å²) in [7, 11) is 0.290. The van der Waals surface area contributed by atoms with Crippen LogP contribution in [0.4, 0.5) is 0 Å². The lowest BCUT2D eigenvalue weighted by molar-refractivity contribution is -0.141. The topological polar surface area (TPSA) is 76.0 Å². The second-order valence-electron chi connectivity index (χ2n) is 3.91. The molecular formula is C11H13BO5. The summed E-state index contributed by atoms with van der Waals surface area (Å²) in [6.45, 7) is 0. The summed E-state index contributed by atoms with van der Waals surface area (Å²) < 4.78 is 9.87. The Morgan fingerprint density at radius 2 is 2.35 bits per heavy atom. The lowest BCUT2D eigenvalue weighted by Crippen LogP contribution is -2.27. The number of benzene rings is 1. The van der Waals surface area contributed by atoms with Crippen LogP contribution in [0.1, 0.15) is 24.5 Å². The van der Waals surface area contributed by atoms with E-state index in [0.29, 0.717) is 11.9 Å². The van der Waals surface area contributed by atoms with Crippen LogP contribution in [0.3, 0.4) is 0 Å². The SMILES string of the molecule is COC(=O)CCC1OB(O)c2cc(O)ccc21. The molecular weight excluding hydrogens is 223 g/mol. The molecule has 1 atom stereocenters. The molecule has 1 aromatic carbocycles. The molecule has 0 fully saturated rings. The van der Waals surface area contributed by atoms with Gasteiger partial charge in [0.2, 0.25) is 0 Å². The zero-order valence-corrected chi connectivity index (χ0v) is 9.42. The summed E-state index contributed by atoms with van der Waals surface area (Å²) in [6.07, 6.45) is 0.343.